The van der Waals surface area contributed by atoms with Gasteiger partial charge < -0.3 is 20.7 Å². The Labute approximate surface area is 109 Å². The highest BCUT2D eigenvalue weighted by atomic mass is 32.2. The van der Waals surface area contributed by atoms with E-state index in [2.05, 4.69) is 4.90 Å². The maximum atomic E-state index is 8.71. The minimum Gasteiger partial charge on any atom is -0.427 e. The summed E-state index contributed by atoms with van der Waals surface area (Å²) in [7, 11) is -1.16. The van der Waals surface area contributed by atoms with Crippen molar-refractivity contribution in [3.8, 4) is 0 Å². The van der Waals surface area contributed by atoms with Crippen LogP contribution < -0.4 is 5.73 Å². The van der Waals surface area contributed by atoms with Gasteiger partial charge >= 0.3 is 7.12 Å². The normalized spacial score (nSPS) is 19.2. The van der Waals surface area contributed by atoms with Gasteiger partial charge in [-0.25, -0.2) is 0 Å². The molecule has 0 spiro atoms. The van der Waals surface area contributed by atoms with E-state index >= 15 is 0 Å². The molecule has 4 nitrogen and oxygen atoms in total. The maximum Gasteiger partial charge on any atom is 0.451 e. The summed E-state index contributed by atoms with van der Waals surface area (Å²) in [5.41, 5.74) is 6.05. The van der Waals surface area contributed by atoms with Gasteiger partial charge in [0.15, 0.2) is 0 Å². The van der Waals surface area contributed by atoms with Gasteiger partial charge in [-0.3, -0.25) is 0 Å². The van der Waals surface area contributed by atoms with Crippen molar-refractivity contribution in [2.45, 2.75) is 38.0 Å². The van der Waals surface area contributed by atoms with E-state index in [9.17, 15) is 0 Å². The Balaban J connectivity index is 1.94. The molecule has 1 heterocycles. The molecule has 0 radical (unpaired) electrons. The van der Waals surface area contributed by atoms with E-state index in [0.29, 0.717) is 6.32 Å². The molecule has 1 fully saturated rings. The minimum atomic E-state index is -1.16. The Morgan fingerprint density at radius 3 is 2.53 bits per heavy atom. The van der Waals surface area contributed by atoms with Crippen LogP contribution in [0.3, 0.4) is 0 Å². The zero-order valence-electron chi connectivity index (χ0n) is 10.6. The van der Waals surface area contributed by atoms with Gasteiger partial charge in [0, 0.05) is 30.6 Å². The van der Waals surface area contributed by atoms with Gasteiger partial charge in [-0.05, 0) is 25.7 Å². The van der Waals surface area contributed by atoms with Crippen LogP contribution in [0.5, 0.6) is 0 Å². The first-order valence-electron chi connectivity index (χ1n) is 6.60. The summed E-state index contributed by atoms with van der Waals surface area (Å²) in [6, 6.07) is 0.264. The van der Waals surface area contributed by atoms with Crippen molar-refractivity contribution in [2.75, 3.05) is 31.1 Å². The van der Waals surface area contributed by atoms with Gasteiger partial charge in [0.2, 0.25) is 0 Å². The van der Waals surface area contributed by atoms with Crippen molar-refractivity contribution >= 4 is 18.9 Å². The van der Waals surface area contributed by atoms with Crippen molar-refractivity contribution < 1.29 is 10.0 Å². The fourth-order valence-corrected chi connectivity index (χ4v) is 3.03. The molecule has 0 aromatic rings. The third kappa shape index (κ3) is 8.05. The zero-order chi connectivity index (χ0) is 12.5. The van der Waals surface area contributed by atoms with Crippen molar-refractivity contribution in [3.63, 3.8) is 0 Å². The first-order valence-corrected chi connectivity index (χ1v) is 7.76. The van der Waals surface area contributed by atoms with Gasteiger partial charge in [-0.15, -0.1) is 0 Å². The Hall–Kier alpha value is 0.255. The van der Waals surface area contributed by atoms with Crippen LogP contribution in [0, 0.1) is 0 Å². The highest BCUT2D eigenvalue weighted by molar-refractivity contribution is 7.99. The third-order valence-electron chi connectivity index (χ3n) is 3.21. The van der Waals surface area contributed by atoms with E-state index in [1.807, 2.05) is 11.8 Å². The molecule has 1 aliphatic rings. The summed E-state index contributed by atoms with van der Waals surface area (Å²) < 4.78 is 0. The quantitative estimate of drug-likeness (QED) is 0.435. The summed E-state index contributed by atoms with van der Waals surface area (Å²) in [5.74, 6) is 2.51. The van der Waals surface area contributed by atoms with Gasteiger partial charge in [0.25, 0.3) is 0 Å². The number of nitrogens with two attached hydrogens (primary N) is 1. The van der Waals surface area contributed by atoms with Crippen LogP contribution in [0.1, 0.15) is 25.7 Å². The summed E-state index contributed by atoms with van der Waals surface area (Å²) in [4.78, 5) is 2.49. The maximum absolute atomic E-state index is 8.71. The van der Waals surface area contributed by atoms with Crippen molar-refractivity contribution in [3.05, 3.63) is 0 Å². The second kappa shape index (κ2) is 9.22. The summed E-state index contributed by atoms with van der Waals surface area (Å²) in [6.45, 7) is 3.52. The molecule has 1 atom stereocenters. The van der Waals surface area contributed by atoms with Gasteiger partial charge in [0.1, 0.15) is 0 Å². The van der Waals surface area contributed by atoms with Crippen LogP contribution >= 0.6 is 11.8 Å². The molecule has 1 unspecified atom stereocenters. The molecule has 0 aromatic heterocycles. The Morgan fingerprint density at radius 1 is 1.18 bits per heavy atom. The number of unbranched alkanes of at least 4 members (excludes halogenated alkanes) is 1. The first kappa shape index (κ1) is 15.3. The molecular weight excluding hydrogens is 235 g/mol. The standard InChI is InChI=1S/C11H25BN2O2S/c13-11(3-1-2-5-12(15)16)4-6-14-7-9-17-10-8-14/h11,15-16H,1-10,13H2. The highest BCUT2D eigenvalue weighted by Gasteiger charge is 2.12. The average molecular weight is 260 g/mol. The number of rotatable bonds is 8. The van der Waals surface area contributed by atoms with Gasteiger partial charge in [-0.2, -0.15) is 11.8 Å². The van der Waals surface area contributed by atoms with Crippen LogP contribution in [0.25, 0.3) is 0 Å². The highest BCUT2D eigenvalue weighted by Crippen LogP contribution is 2.11. The van der Waals surface area contributed by atoms with E-state index in [0.717, 1.165) is 32.2 Å². The van der Waals surface area contributed by atoms with Crippen LogP contribution in [-0.2, 0) is 0 Å². The zero-order valence-corrected chi connectivity index (χ0v) is 11.4. The van der Waals surface area contributed by atoms with Crippen LogP contribution in [0.2, 0.25) is 6.32 Å². The van der Waals surface area contributed by atoms with Crippen LogP contribution in [0.15, 0.2) is 0 Å². The largest absolute Gasteiger partial charge is 0.451 e. The SMILES string of the molecule is NC(CCCCB(O)O)CCN1CCSCC1. The Kier molecular flexibility index (Phi) is 8.31. The molecule has 0 bridgehead atoms. The minimum absolute atomic E-state index is 0.264. The molecule has 0 amide bonds. The first-order chi connectivity index (χ1) is 8.18. The Morgan fingerprint density at radius 2 is 1.88 bits per heavy atom. The predicted molar refractivity (Wildman–Crippen MR) is 75.2 cm³/mol. The predicted octanol–water partition coefficient (Wildman–Crippen LogP) is 0.396. The van der Waals surface area contributed by atoms with Gasteiger partial charge in [0.05, 0.1) is 0 Å². The molecule has 1 rings (SSSR count). The molecule has 1 saturated heterocycles. The molecule has 100 valence electrons. The second-order valence-corrected chi connectivity index (χ2v) is 5.99. The summed E-state index contributed by atoms with van der Waals surface area (Å²) in [6.07, 6.45) is 4.37. The number of hydrogen-bond acceptors (Lipinski definition) is 5. The molecular formula is C11H25BN2O2S. The molecule has 6 heteroatoms. The summed E-state index contributed by atoms with van der Waals surface area (Å²) >= 11 is 2.03. The van der Waals surface area contributed by atoms with Gasteiger partial charge in [-0.1, -0.05) is 12.8 Å². The van der Waals surface area contributed by atoms with Crippen molar-refractivity contribution in [2.24, 2.45) is 5.73 Å². The molecule has 17 heavy (non-hydrogen) atoms. The number of nitrogens with zero attached hydrogens (tertiary/aromatic N) is 1. The van der Waals surface area contributed by atoms with E-state index in [-0.39, 0.29) is 6.04 Å². The second-order valence-electron chi connectivity index (χ2n) is 4.77. The molecule has 4 N–H and O–H groups in total. The van der Waals surface area contributed by atoms with Crippen molar-refractivity contribution in [1.29, 1.82) is 0 Å². The van der Waals surface area contributed by atoms with Crippen LogP contribution in [-0.4, -0.2) is 59.2 Å². The lowest BCUT2D eigenvalue weighted by atomic mass is 9.83. The summed E-state index contributed by atoms with van der Waals surface area (Å²) in [5, 5.41) is 17.4. The number of thioether (sulfide) groups is 1. The lowest BCUT2D eigenvalue weighted by molar-refractivity contribution is 0.286. The van der Waals surface area contributed by atoms with E-state index in [1.54, 1.807) is 0 Å². The van der Waals surface area contributed by atoms with E-state index < -0.39 is 7.12 Å². The average Bonchev–Trinajstić information content (AvgIpc) is 2.33. The topological polar surface area (TPSA) is 69.7 Å². The van der Waals surface area contributed by atoms with Crippen molar-refractivity contribution in [1.82, 2.24) is 4.90 Å². The lowest BCUT2D eigenvalue weighted by Gasteiger charge is -2.27. The fourth-order valence-electron chi connectivity index (χ4n) is 2.05. The molecule has 0 aromatic carbocycles. The van der Waals surface area contributed by atoms with Crippen LogP contribution in [0.4, 0.5) is 0 Å². The third-order valence-corrected chi connectivity index (χ3v) is 4.15. The fraction of sp³-hybridized carbons (Fsp3) is 1.00. The van der Waals surface area contributed by atoms with E-state index in [1.165, 1.54) is 24.6 Å². The monoisotopic (exact) mass is 260 g/mol. The van der Waals surface area contributed by atoms with E-state index in [4.69, 9.17) is 15.8 Å². The smallest absolute Gasteiger partial charge is 0.427 e. The molecule has 1 aliphatic heterocycles. The Bertz CT molecular complexity index is 192. The molecule has 0 saturated carbocycles. The lowest BCUT2D eigenvalue weighted by Crippen LogP contribution is -2.36. The number of hydrogen-bond donors (Lipinski definition) is 3. The molecule has 0 aliphatic carbocycles.